The molecule has 0 radical (unpaired) electrons. The van der Waals surface area contributed by atoms with Gasteiger partial charge in [-0.05, 0) is 19.8 Å². The van der Waals surface area contributed by atoms with E-state index >= 15 is 0 Å². The van der Waals surface area contributed by atoms with Gasteiger partial charge in [0.2, 0.25) is 0 Å². The minimum absolute atomic E-state index is 0.0806. The van der Waals surface area contributed by atoms with Crippen LogP contribution in [0.1, 0.15) is 59.3 Å². The van der Waals surface area contributed by atoms with Gasteiger partial charge in [0.05, 0.1) is 6.10 Å². The summed E-state index contributed by atoms with van der Waals surface area (Å²) in [4.78, 5) is 10.9. The Labute approximate surface area is 165 Å². The fourth-order valence-electron chi connectivity index (χ4n) is 2.34. The van der Waals surface area contributed by atoms with Crippen molar-refractivity contribution >= 4 is 29.8 Å². The van der Waals surface area contributed by atoms with Gasteiger partial charge in [-0.2, -0.15) is 0 Å². The van der Waals surface area contributed by atoms with Gasteiger partial charge in [-0.15, -0.1) is 0 Å². The number of benzene rings is 2. The van der Waals surface area contributed by atoms with Gasteiger partial charge in [0.25, 0.3) is 0 Å². The summed E-state index contributed by atoms with van der Waals surface area (Å²) in [5.74, 6) is -0.0806. The van der Waals surface area contributed by atoms with Crippen LogP contribution in [0.3, 0.4) is 0 Å². The zero-order valence-corrected chi connectivity index (χ0v) is 18.0. The van der Waals surface area contributed by atoms with Crippen LogP contribution in [0.2, 0.25) is 0 Å². The number of unbranched alkanes of at least 4 members (excludes halogenated alkanes) is 3. The van der Waals surface area contributed by atoms with E-state index in [1.165, 1.54) is 34.6 Å². The van der Waals surface area contributed by atoms with Crippen molar-refractivity contribution in [2.75, 3.05) is 0 Å². The summed E-state index contributed by atoms with van der Waals surface area (Å²) in [7, 11) is 0. The zero-order valence-electron chi connectivity index (χ0n) is 16.3. The molecule has 0 amide bonds. The second kappa shape index (κ2) is 14.6. The molecule has 2 nitrogen and oxygen atoms in total. The van der Waals surface area contributed by atoms with Crippen LogP contribution in [-0.4, -0.2) is 27.0 Å². The van der Waals surface area contributed by atoms with Gasteiger partial charge in [-0.3, -0.25) is 4.79 Å². The Morgan fingerprint density at radius 2 is 1.42 bits per heavy atom. The SMILES string of the molecule is CCCCCCC(C)OC(=O)CC.c1ccc([Se]c2ccccc2)cc1. The molecule has 0 saturated heterocycles. The minimum atomic E-state index is -0.0806. The van der Waals surface area contributed by atoms with Crippen molar-refractivity contribution < 1.29 is 9.53 Å². The van der Waals surface area contributed by atoms with Crippen molar-refractivity contribution in [2.45, 2.75) is 65.4 Å². The summed E-state index contributed by atoms with van der Waals surface area (Å²) in [6, 6.07) is 21.3. The van der Waals surface area contributed by atoms with Crippen molar-refractivity contribution in [2.24, 2.45) is 0 Å². The Bertz CT molecular complexity index is 546. The molecule has 0 aromatic heterocycles. The normalized spacial score (nSPS) is 11.2. The molecule has 0 N–H and O–H groups in total. The van der Waals surface area contributed by atoms with E-state index in [1.54, 1.807) is 0 Å². The van der Waals surface area contributed by atoms with E-state index in [1.807, 2.05) is 13.8 Å². The first-order chi connectivity index (χ1) is 12.7. The van der Waals surface area contributed by atoms with Crippen LogP contribution in [0.25, 0.3) is 0 Å². The summed E-state index contributed by atoms with van der Waals surface area (Å²) >= 11 is 0.461. The zero-order chi connectivity index (χ0) is 19.0. The molecule has 0 aliphatic carbocycles. The molecular weight excluding hydrogens is 387 g/mol. The molecule has 0 fully saturated rings. The number of carbonyl (C=O) groups excluding carboxylic acids is 1. The number of ether oxygens (including phenoxy) is 1. The van der Waals surface area contributed by atoms with E-state index in [9.17, 15) is 4.79 Å². The molecule has 26 heavy (non-hydrogen) atoms. The van der Waals surface area contributed by atoms with Crippen molar-refractivity contribution in [1.29, 1.82) is 0 Å². The number of hydrogen-bond acceptors (Lipinski definition) is 2. The summed E-state index contributed by atoms with van der Waals surface area (Å²) in [6.07, 6.45) is 6.56. The second-order valence-electron chi connectivity index (χ2n) is 6.23. The Kier molecular flexibility index (Phi) is 12.6. The maximum absolute atomic E-state index is 10.9. The molecule has 0 spiro atoms. The Morgan fingerprint density at radius 3 is 1.88 bits per heavy atom. The van der Waals surface area contributed by atoms with Crippen LogP contribution in [0.4, 0.5) is 0 Å². The molecule has 142 valence electrons. The average molecular weight is 419 g/mol. The first-order valence-corrected chi connectivity index (χ1v) is 11.3. The second-order valence-corrected chi connectivity index (χ2v) is 8.64. The summed E-state index contributed by atoms with van der Waals surface area (Å²) < 4.78 is 8.00. The predicted octanol–water partition coefficient (Wildman–Crippen LogP) is 4.64. The molecule has 0 aliphatic heterocycles. The van der Waals surface area contributed by atoms with E-state index in [-0.39, 0.29) is 12.1 Å². The maximum atomic E-state index is 10.9. The van der Waals surface area contributed by atoms with Gasteiger partial charge in [0.15, 0.2) is 0 Å². The summed E-state index contributed by atoms with van der Waals surface area (Å²) in [5.41, 5.74) is 0. The molecule has 2 rings (SSSR count). The van der Waals surface area contributed by atoms with Gasteiger partial charge in [-0.1, -0.05) is 33.1 Å². The Hall–Kier alpha value is -1.57. The van der Waals surface area contributed by atoms with Crippen LogP contribution in [-0.2, 0) is 9.53 Å². The third-order valence-electron chi connectivity index (χ3n) is 3.81. The quantitative estimate of drug-likeness (QED) is 0.336. The third kappa shape index (κ3) is 11.1. The molecule has 1 unspecified atom stereocenters. The monoisotopic (exact) mass is 420 g/mol. The van der Waals surface area contributed by atoms with Gasteiger partial charge in [0.1, 0.15) is 0 Å². The van der Waals surface area contributed by atoms with Crippen LogP contribution < -0.4 is 8.92 Å². The standard InChI is InChI=1S/C12H10Se.C11H22O2/c1-3-7-11(8-4-1)13-12-9-5-2-6-10-12;1-4-6-7-8-9-10(3)13-11(12)5-2/h1-10H;10H,4-9H2,1-3H3. The molecule has 2 aromatic carbocycles. The Balaban J connectivity index is 0.000000260. The van der Waals surface area contributed by atoms with Crippen molar-refractivity contribution in [3.8, 4) is 0 Å². The summed E-state index contributed by atoms with van der Waals surface area (Å²) in [6.45, 7) is 5.99. The van der Waals surface area contributed by atoms with Crippen LogP contribution >= 0.6 is 0 Å². The molecule has 3 heteroatoms. The van der Waals surface area contributed by atoms with Gasteiger partial charge >= 0.3 is 90.5 Å². The number of esters is 1. The van der Waals surface area contributed by atoms with E-state index in [4.69, 9.17) is 4.74 Å². The fraction of sp³-hybridized carbons (Fsp3) is 0.435. The van der Waals surface area contributed by atoms with Crippen molar-refractivity contribution in [3.05, 3.63) is 60.7 Å². The molecule has 0 bridgehead atoms. The van der Waals surface area contributed by atoms with Crippen molar-refractivity contribution in [1.82, 2.24) is 0 Å². The fourth-order valence-corrected chi connectivity index (χ4v) is 4.14. The number of hydrogen-bond donors (Lipinski definition) is 0. The Morgan fingerprint density at radius 1 is 0.885 bits per heavy atom. The van der Waals surface area contributed by atoms with E-state index in [0.29, 0.717) is 21.4 Å². The van der Waals surface area contributed by atoms with E-state index in [0.717, 1.165) is 6.42 Å². The number of rotatable bonds is 9. The molecule has 0 aliphatic rings. The topological polar surface area (TPSA) is 26.3 Å². The number of carbonyl (C=O) groups is 1. The first kappa shape index (κ1) is 22.5. The molecular formula is C23H32O2Se. The van der Waals surface area contributed by atoms with Crippen LogP contribution in [0.5, 0.6) is 0 Å². The van der Waals surface area contributed by atoms with E-state index < -0.39 is 0 Å². The third-order valence-corrected chi connectivity index (χ3v) is 5.94. The first-order valence-electron chi connectivity index (χ1n) is 9.63. The van der Waals surface area contributed by atoms with Crippen LogP contribution in [0, 0.1) is 0 Å². The predicted molar refractivity (Wildman–Crippen MR) is 113 cm³/mol. The van der Waals surface area contributed by atoms with Gasteiger partial charge in [0, 0.05) is 6.42 Å². The van der Waals surface area contributed by atoms with Crippen LogP contribution in [0.15, 0.2) is 60.7 Å². The van der Waals surface area contributed by atoms with E-state index in [2.05, 4.69) is 67.6 Å². The average Bonchev–Trinajstić information content (AvgIpc) is 2.67. The molecule has 2 aromatic rings. The molecule has 0 heterocycles. The van der Waals surface area contributed by atoms with Crippen molar-refractivity contribution in [3.63, 3.8) is 0 Å². The van der Waals surface area contributed by atoms with Gasteiger partial charge < -0.3 is 4.74 Å². The molecule has 1 atom stereocenters. The molecule has 0 saturated carbocycles. The summed E-state index contributed by atoms with van der Waals surface area (Å²) in [5, 5.41) is 0. The van der Waals surface area contributed by atoms with Gasteiger partial charge in [-0.25, -0.2) is 0 Å².